The molecule has 0 aliphatic heterocycles. The standard InChI is InChI=1S/C12H17BrO2/c1-9(2)7-11(14)8-15-12-5-3-10(13)4-6-12/h3-6,9,11,14H,7-8H2,1-2H3. The number of benzene rings is 1. The fourth-order valence-electron chi connectivity index (χ4n) is 1.34. The van der Waals surface area contributed by atoms with Crippen molar-refractivity contribution in [3.63, 3.8) is 0 Å². The van der Waals surface area contributed by atoms with Gasteiger partial charge in [0.25, 0.3) is 0 Å². The second-order valence-corrected chi connectivity index (χ2v) is 4.96. The number of rotatable bonds is 5. The Morgan fingerprint density at radius 1 is 1.27 bits per heavy atom. The average molecular weight is 273 g/mol. The van der Waals surface area contributed by atoms with Gasteiger partial charge in [-0.3, -0.25) is 0 Å². The van der Waals surface area contributed by atoms with E-state index in [0.717, 1.165) is 16.6 Å². The summed E-state index contributed by atoms with van der Waals surface area (Å²) in [4.78, 5) is 0. The van der Waals surface area contributed by atoms with Crippen molar-refractivity contribution in [2.75, 3.05) is 6.61 Å². The maximum atomic E-state index is 9.60. The highest BCUT2D eigenvalue weighted by Gasteiger charge is 2.07. The molecule has 0 radical (unpaired) electrons. The molecule has 84 valence electrons. The predicted octanol–water partition coefficient (Wildman–Crippen LogP) is 3.23. The topological polar surface area (TPSA) is 29.5 Å². The molecular formula is C12H17BrO2. The van der Waals surface area contributed by atoms with Crippen LogP contribution in [-0.4, -0.2) is 17.8 Å². The molecule has 0 aliphatic carbocycles. The molecule has 2 nitrogen and oxygen atoms in total. The number of hydrogen-bond acceptors (Lipinski definition) is 2. The van der Waals surface area contributed by atoms with E-state index in [1.165, 1.54) is 0 Å². The lowest BCUT2D eigenvalue weighted by Crippen LogP contribution is -2.19. The first kappa shape index (κ1) is 12.5. The van der Waals surface area contributed by atoms with Gasteiger partial charge in [0, 0.05) is 4.47 Å². The Morgan fingerprint density at radius 3 is 2.40 bits per heavy atom. The van der Waals surface area contributed by atoms with Gasteiger partial charge in [0.15, 0.2) is 0 Å². The maximum Gasteiger partial charge on any atom is 0.119 e. The lowest BCUT2D eigenvalue weighted by molar-refractivity contribution is 0.0893. The molecule has 15 heavy (non-hydrogen) atoms. The molecule has 0 spiro atoms. The van der Waals surface area contributed by atoms with Gasteiger partial charge in [-0.1, -0.05) is 29.8 Å². The van der Waals surface area contributed by atoms with Gasteiger partial charge in [-0.2, -0.15) is 0 Å². The van der Waals surface area contributed by atoms with Crippen LogP contribution >= 0.6 is 15.9 Å². The first-order chi connectivity index (χ1) is 7.08. The van der Waals surface area contributed by atoms with Gasteiger partial charge in [-0.05, 0) is 36.6 Å². The molecular weight excluding hydrogens is 256 g/mol. The van der Waals surface area contributed by atoms with Crippen LogP contribution in [0.2, 0.25) is 0 Å². The second kappa shape index (κ2) is 6.13. The van der Waals surface area contributed by atoms with Crippen LogP contribution in [0.3, 0.4) is 0 Å². The number of aliphatic hydroxyl groups is 1. The zero-order valence-electron chi connectivity index (χ0n) is 9.11. The summed E-state index contributed by atoms with van der Waals surface area (Å²) < 4.78 is 6.48. The van der Waals surface area contributed by atoms with Gasteiger partial charge in [0.05, 0.1) is 6.10 Å². The predicted molar refractivity (Wildman–Crippen MR) is 65.1 cm³/mol. The van der Waals surface area contributed by atoms with E-state index in [1.807, 2.05) is 24.3 Å². The number of halogens is 1. The molecule has 0 saturated heterocycles. The van der Waals surface area contributed by atoms with Gasteiger partial charge in [-0.15, -0.1) is 0 Å². The Hall–Kier alpha value is -0.540. The van der Waals surface area contributed by atoms with Crippen LogP contribution in [0.15, 0.2) is 28.7 Å². The molecule has 0 bridgehead atoms. The molecule has 0 fully saturated rings. The molecule has 0 amide bonds. The minimum atomic E-state index is -0.381. The van der Waals surface area contributed by atoms with Crippen molar-refractivity contribution < 1.29 is 9.84 Å². The molecule has 1 unspecified atom stereocenters. The first-order valence-electron chi connectivity index (χ1n) is 5.14. The summed E-state index contributed by atoms with van der Waals surface area (Å²) in [7, 11) is 0. The number of hydrogen-bond donors (Lipinski definition) is 1. The molecule has 0 aliphatic rings. The molecule has 1 aromatic rings. The normalized spacial score (nSPS) is 12.9. The second-order valence-electron chi connectivity index (χ2n) is 4.05. The third-order valence-corrected chi connectivity index (χ3v) is 2.53. The Bertz CT molecular complexity index is 282. The van der Waals surface area contributed by atoms with Gasteiger partial charge in [0.2, 0.25) is 0 Å². The molecule has 1 atom stereocenters. The lowest BCUT2D eigenvalue weighted by atomic mass is 10.1. The Balaban J connectivity index is 2.33. The van der Waals surface area contributed by atoms with Crippen molar-refractivity contribution in [2.45, 2.75) is 26.4 Å². The highest BCUT2D eigenvalue weighted by molar-refractivity contribution is 9.10. The van der Waals surface area contributed by atoms with Crippen molar-refractivity contribution in [1.82, 2.24) is 0 Å². The van der Waals surface area contributed by atoms with Crippen LogP contribution in [0.1, 0.15) is 20.3 Å². The zero-order chi connectivity index (χ0) is 11.3. The summed E-state index contributed by atoms with van der Waals surface area (Å²) in [5, 5.41) is 9.60. The summed E-state index contributed by atoms with van der Waals surface area (Å²) in [6, 6.07) is 7.60. The molecule has 0 saturated carbocycles. The Labute approximate surface area is 99.4 Å². The van der Waals surface area contributed by atoms with E-state index < -0.39 is 0 Å². The molecule has 1 aromatic carbocycles. The average Bonchev–Trinajstić information content (AvgIpc) is 2.16. The van der Waals surface area contributed by atoms with Crippen molar-refractivity contribution in [1.29, 1.82) is 0 Å². The summed E-state index contributed by atoms with van der Waals surface area (Å²) >= 11 is 3.35. The molecule has 0 aromatic heterocycles. The van der Waals surface area contributed by atoms with E-state index in [4.69, 9.17) is 4.74 Å². The summed E-state index contributed by atoms with van der Waals surface area (Å²) in [5.74, 6) is 1.29. The first-order valence-corrected chi connectivity index (χ1v) is 5.93. The van der Waals surface area contributed by atoms with E-state index >= 15 is 0 Å². The Kier molecular flexibility index (Phi) is 5.12. The fraction of sp³-hybridized carbons (Fsp3) is 0.500. The van der Waals surface area contributed by atoms with Gasteiger partial charge >= 0.3 is 0 Å². The van der Waals surface area contributed by atoms with Crippen molar-refractivity contribution >= 4 is 15.9 Å². The van der Waals surface area contributed by atoms with Crippen LogP contribution < -0.4 is 4.74 Å². The van der Waals surface area contributed by atoms with Crippen molar-refractivity contribution in [2.24, 2.45) is 5.92 Å². The Morgan fingerprint density at radius 2 is 1.87 bits per heavy atom. The minimum Gasteiger partial charge on any atom is -0.491 e. The monoisotopic (exact) mass is 272 g/mol. The summed E-state index contributed by atoms with van der Waals surface area (Å²) in [5.41, 5.74) is 0. The van der Waals surface area contributed by atoms with Crippen LogP contribution in [0.5, 0.6) is 5.75 Å². The largest absolute Gasteiger partial charge is 0.491 e. The summed E-state index contributed by atoms with van der Waals surface area (Å²) in [6.07, 6.45) is 0.393. The molecule has 3 heteroatoms. The molecule has 0 heterocycles. The molecule has 1 N–H and O–H groups in total. The van der Waals surface area contributed by atoms with Crippen LogP contribution in [0.4, 0.5) is 0 Å². The smallest absolute Gasteiger partial charge is 0.119 e. The van der Waals surface area contributed by atoms with E-state index in [9.17, 15) is 5.11 Å². The SMILES string of the molecule is CC(C)CC(O)COc1ccc(Br)cc1. The zero-order valence-corrected chi connectivity index (χ0v) is 10.7. The highest BCUT2D eigenvalue weighted by atomic mass is 79.9. The van der Waals surface area contributed by atoms with Crippen LogP contribution in [-0.2, 0) is 0 Å². The van der Waals surface area contributed by atoms with E-state index in [0.29, 0.717) is 12.5 Å². The quantitative estimate of drug-likeness (QED) is 0.892. The van der Waals surface area contributed by atoms with E-state index in [-0.39, 0.29) is 6.10 Å². The fourth-order valence-corrected chi connectivity index (χ4v) is 1.60. The highest BCUT2D eigenvalue weighted by Crippen LogP contribution is 2.16. The van der Waals surface area contributed by atoms with Crippen LogP contribution in [0.25, 0.3) is 0 Å². The van der Waals surface area contributed by atoms with E-state index in [1.54, 1.807) is 0 Å². The van der Waals surface area contributed by atoms with Gasteiger partial charge in [-0.25, -0.2) is 0 Å². The van der Waals surface area contributed by atoms with Gasteiger partial charge in [0.1, 0.15) is 12.4 Å². The lowest BCUT2D eigenvalue weighted by Gasteiger charge is -2.14. The number of ether oxygens (including phenoxy) is 1. The van der Waals surface area contributed by atoms with Crippen molar-refractivity contribution in [3.8, 4) is 5.75 Å². The molecule has 1 rings (SSSR count). The van der Waals surface area contributed by atoms with E-state index in [2.05, 4.69) is 29.8 Å². The van der Waals surface area contributed by atoms with Crippen LogP contribution in [0, 0.1) is 5.92 Å². The minimum absolute atomic E-state index is 0.361. The van der Waals surface area contributed by atoms with Gasteiger partial charge < -0.3 is 9.84 Å². The number of aliphatic hydroxyl groups excluding tert-OH is 1. The third kappa shape index (κ3) is 5.19. The summed E-state index contributed by atoms with van der Waals surface area (Å²) in [6.45, 7) is 4.53. The van der Waals surface area contributed by atoms with Crippen molar-refractivity contribution in [3.05, 3.63) is 28.7 Å². The third-order valence-electron chi connectivity index (χ3n) is 2.00. The maximum absolute atomic E-state index is 9.60.